The molecule has 0 aliphatic heterocycles. The van der Waals surface area contributed by atoms with Gasteiger partial charge in [0.05, 0.1) is 6.54 Å². The molecule has 0 atom stereocenters. The van der Waals surface area contributed by atoms with Crippen molar-refractivity contribution in [3.8, 4) is 0 Å². The van der Waals surface area contributed by atoms with Gasteiger partial charge in [-0.1, -0.05) is 0 Å². The fourth-order valence-corrected chi connectivity index (χ4v) is 1.54. The average Bonchev–Trinajstić information content (AvgIpc) is 3.13. The van der Waals surface area contributed by atoms with E-state index in [1.54, 1.807) is 24.3 Å². The Morgan fingerprint density at radius 3 is 2.81 bits per heavy atom. The minimum absolute atomic E-state index is 0.0897. The van der Waals surface area contributed by atoms with Gasteiger partial charge in [-0.25, -0.2) is 0 Å². The first kappa shape index (κ1) is 11.1. The summed E-state index contributed by atoms with van der Waals surface area (Å²) in [7, 11) is 1.79. The van der Waals surface area contributed by atoms with Gasteiger partial charge in [-0.3, -0.25) is 9.78 Å². The normalized spacial score (nSPS) is 14.8. The second-order valence-electron chi connectivity index (χ2n) is 4.23. The fraction of sp³-hybridized carbons (Fsp3) is 0.500. The number of carbonyl (C=O) groups is 1. The molecule has 86 valence electrons. The van der Waals surface area contributed by atoms with Crippen LogP contribution in [-0.2, 0) is 4.79 Å². The molecule has 1 heterocycles. The molecular formula is C12H17N3O. The van der Waals surface area contributed by atoms with Gasteiger partial charge in [-0.15, -0.1) is 0 Å². The number of amides is 1. The quantitative estimate of drug-likeness (QED) is 0.805. The van der Waals surface area contributed by atoms with E-state index in [0.29, 0.717) is 6.54 Å². The Hall–Kier alpha value is -1.42. The monoisotopic (exact) mass is 219 g/mol. The van der Waals surface area contributed by atoms with E-state index in [1.165, 1.54) is 12.8 Å². The minimum Gasteiger partial charge on any atom is -0.314 e. The maximum Gasteiger partial charge on any atom is 0.240 e. The van der Waals surface area contributed by atoms with E-state index in [-0.39, 0.29) is 5.91 Å². The van der Waals surface area contributed by atoms with Gasteiger partial charge in [0, 0.05) is 25.1 Å². The molecule has 1 aromatic rings. The van der Waals surface area contributed by atoms with E-state index in [9.17, 15) is 4.79 Å². The zero-order valence-electron chi connectivity index (χ0n) is 9.52. The number of carbonyl (C=O) groups excluding carboxylic acids is 1. The van der Waals surface area contributed by atoms with Crippen molar-refractivity contribution in [1.29, 1.82) is 0 Å². The second kappa shape index (κ2) is 5.07. The summed E-state index contributed by atoms with van der Waals surface area (Å²) < 4.78 is 0. The molecule has 4 heteroatoms. The number of likely N-dealkylation sites (N-methyl/N-ethyl adjacent to an activating group) is 1. The Morgan fingerprint density at radius 1 is 1.50 bits per heavy atom. The van der Waals surface area contributed by atoms with Crippen molar-refractivity contribution < 1.29 is 4.79 Å². The van der Waals surface area contributed by atoms with Gasteiger partial charge in [0.2, 0.25) is 5.91 Å². The highest BCUT2D eigenvalue weighted by atomic mass is 16.2. The van der Waals surface area contributed by atoms with Crippen LogP contribution in [0.1, 0.15) is 12.8 Å². The summed E-state index contributed by atoms with van der Waals surface area (Å²) in [5.41, 5.74) is 0.883. The highest BCUT2D eigenvalue weighted by Crippen LogP contribution is 2.27. The molecule has 4 nitrogen and oxygen atoms in total. The molecule has 1 saturated carbocycles. The lowest BCUT2D eigenvalue weighted by molar-refractivity contribution is -0.117. The third kappa shape index (κ3) is 3.03. The maximum absolute atomic E-state index is 11.8. The molecule has 16 heavy (non-hydrogen) atoms. The zero-order valence-corrected chi connectivity index (χ0v) is 9.52. The second-order valence-corrected chi connectivity index (χ2v) is 4.23. The number of hydrogen-bond donors (Lipinski definition) is 1. The topological polar surface area (TPSA) is 45.2 Å². The van der Waals surface area contributed by atoms with Gasteiger partial charge >= 0.3 is 0 Å². The lowest BCUT2D eigenvalue weighted by Gasteiger charge is -2.17. The van der Waals surface area contributed by atoms with Crippen molar-refractivity contribution in [1.82, 2.24) is 10.3 Å². The smallest absolute Gasteiger partial charge is 0.240 e. The van der Waals surface area contributed by atoms with Crippen molar-refractivity contribution in [3.05, 3.63) is 24.5 Å². The lowest BCUT2D eigenvalue weighted by atomic mass is 10.3. The van der Waals surface area contributed by atoms with Crippen molar-refractivity contribution in [2.45, 2.75) is 12.8 Å². The van der Waals surface area contributed by atoms with E-state index in [0.717, 1.165) is 18.2 Å². The Bertz CT molecular complexity index is 349. The number of hydrogen-bond acceptors (Lipinski definition) is 3. The molecule has 0 spiro atoms. The fourth-order valence-electron chi connectivity index (χ4n) is 1.54. The number of pyridine rings is 1. The molecular weight excluding hydrogens is 202 g/mol. The molecule has 1 amide bonds. The SMILES string of the molecule is CN(C(=O)CNCC1CC1)c1ccncc1. The van der Waals surface area contributed by atoms with Crippen LogP contribution in [-0.4, -0.2) is 31.0 Å². The molecule has 0 saturated heterocycles. The van der Waals surface area contributed by atoms with Gasteiger partial charge < -0.3 is 10.2 Å². The predicted molar refractivity (Wildman–Crippen MR) is 63.2 cm³/mol. The van der Waals surface area contributed by atoms with Crippen molar-refractivity contribution >= 4 is 11.6 Å². The molecule has 1 aromatic heterocycles. The number of aromatic nitrogens is 1. The van der Waals surface area contributed by atoms with Crippen LogP contribution in [0.4, 0.5) is 5.69 Å². The summed E-state index contributed by atoms with van der Waals surface area (Å²) in [6, 6.07) is 3.66. The van der Waals surface area contributed by atoms with E-state index >= 15 is 0 Å². The van der Waals surface area contributed by atoms with Crippen molar-refractivity contribution in [2.24, 2.45) is 5.92 Å². The molecule has 0 unspecified atom stereocenters. The number of anilines is 1. The van der Waals surface area contributed by atoms with Gasteiger partial charge in [0.15, 0.2) is 0 Å². The Morgan fingerprint density at radius 2 is 2.19 bits per heavy atom. The standard InChI is InChI=1S/C12H17N3O/c1-15(11-4-6-13-7-5-11)12(16)9-14-8-10-2-3-10/h4-7,10,14H,2-3,8-9H2,1H3. The first-order valence-corrected chi connectivity index (χ1v) is 5.64. The van der Waals surface area contributed by atoms with E-state index in [4.69, 9.17) is 0 Å². The first-order valence-electron chi connectivity index (χ1n) is 5.64. The van der Waals surface area contributed by atoms with Crippen LogP contribution in [0.5, 0.6) is 0 Å². The van der Waals surface area contributed by atoms with E-state index < -0.39 is 0 Å². The molecule has 0 bridgehead atoms. The number of nitrogens with one attached hydrogen (secondary N) is 1. The third-order valence-corrected chi connectivity index (χ3v) is 2.83. The summed E-state index contributed by atoms with van der Waals surface area (Å²) >= 11 is 0. The van der Waals surface area contributed by atoms with Gasteiger partial charge in [0.25, 0.3) is 0 Å². The van der Waals surface area contributed by atoms with Crippen LogP contribution in [0, 0.1) is 5.92 Å². The van der Waals surface area contributed by atoms with Crippen LogP contribution >= 0.6 is 0 Å². The van der Waals surface area contributed by atoms with Crippen LogP contribution in [0.3, 0.4) is 0 Å². The van der Waals surface area contributed by atoms with E-state index in [2.05, 4.69) is 10.3 Å². The Labute approximate surface area is 95.7 Å². The maximum atomic E-state index is 11.8. The average molecular weight is 219 g/mol. The van der Waals surface area contributed by atoms with Gasteiger partial charge in [-0.2, -0.15) is 0 Å². The largest absolute Gasteiger partial charge is 0.314 e. The first-order chi connectivity index (χ1) is 7.77. The molecule has 1 N–H and O–H groups in total. The van der Waals surface area contributed by atoms with Crippen LogP contribution in [0.2, 0.25) is 0 Å². The molecule has 0 radical (unpaired) electrons. The molecule has 1 aliphatic rings. The molecule has 2 rings (SSSR count). The summed E-state index contributed by atoms with van der Waals surface area (Å²) in [6.07, 6.45) is 6.00. The minimum atomic E-state index is 0.0897. The number of nitrogens with zero attached hydrogens (tertiary/aromatic N) is 2. The zero-order chi connectivity index (χ0) is 11.4. The highest BCUT2D eigenvalue weighted by molar-refractivity contribution is 5.94. The predicted octanol–water partition coefficient (Wildman–Crippen LogP) is 1.04. The highest BCUT2D eigenvalue weighted by Gasteiger charge is 2.21. The summed E-state index contributed by atoms with van der Waals surface area (Å²) in [4.78, 5) is 17.4. The van der Waals surface area contributed by atoms with Crippen molar-refractivity contribution in [2.75, 3.05) is 25.0 Å². The number of rotatable bonds is 5. The van der Waals surface area contributed by atoms with Crippen LogP contribution < -0.4 is 10.2 Å². The van der Waals surface area contributed by atoms with Crippen LogP contribution in [0.15, 0.2) is 24.5 Å². The summed E-state index contributed by atoms with van der Waals surface area (Å²) in [5.74, 6) is 0.894. The summed E-state index contributed by atoms with van der Waals surface area (Å²) in [6.45, 7) is 1.38. The third-order valence-electron chi connectivity index (χ3n) is 2.83. The molecule has 1 fully saturated rings. The Kier molecular flexibility index (Phi) is 3.51. The Balaban J connectivity index is 1.79. The lowest BCUT2D eigenvalue weighted by Crippen LogP contribution is -2.36. The van der Waals surface area contributed by atoms with Gasteiger partial charge in [-0.05, 0) is 37.4 Å². The van der Waals surface area contributed by atoms with Crippen molar-refractivity contribution in [3.63, 3.8) is 0 Å². The molecule has 0 aromatic carbocycles. The van der Waals surface area contributed by atoms with Crippen LogP contribution in [0.25, 0.3) is 0 Å². The van der Waals surface area contributed by atoms with E-state index in [1.807, 2.05) is 12.1 Å². The molecule has 1 aliphatic carbocycles. The summed E-state index contributed by atoms with van der Waals surface area (Å²) in [5, 5.41) is 3.19. The van der Waals surface area contributed by atoms with Gasteiger partial charge in [0.1, 0.15) is 0 Å².